The number of pyridine rings is 1. The van der Waals surface area contributed by atoms with Crippen LogP contribution < -0.4 is 11.1 Å². The highest BCUT2D eigenvalue weighted by molar-refractivity contribution is 5.82. The second-order valence-corrected chi connectivity index (χ2v) is 4.41. The molecule has 1 atom stereocenters. The number of hydrogen-bond donors (Lipinski definition) is 2. The molecule has 1 amide bonds. The number of anilines is 1. The SMILES string of the molecule is CCc1cc(NC(C)C(N)=O)nc(-c2ccccn2)n1. The minimum absolute atomic E-state index is 0.430. The van der Waals surface area contributed by atoms with E-state index in [0.29, 0.717) is 17.3 Å². The van der Waals surface area contributed by atoms with Crippen LogP contribution in [-0.2, 0) is 11.2 Å². The highest BCUT2D eigenvalue weighted by Crippen LogP contribution is 2.16. The number of carbonyl (C=O) groups is 1. The van der Waals surface area contributed by atoms with Gasteiger partial charge in [0, 0.05) is 18.0 Å². The van der Waals surface area contributed by atoms with Crippen molar-refractivity contribution >= 4 is 11.7 Å². The average molecular weight is 271 g/mol. The van der Waals surface area contributed by atoms with Crippen molar-refractivity contribution in [3.63, 3.8) is 0 Å². The van der Waals surface area contributed by atoms with Crippen molar-refractivity contribution in [2.24, 2.45) is 5.73 Å². The lowest BCUT2D eigenvalue weighted by atomic mass is 10.2. The Labute approximate surface area is 117 Å². The molecule has 1 unspecified atom stereocenters. The largest absolute Gasteiger partial charge is 0.368 e. The second-order valence-electron chi connectivity index (χ2n) is 4.41. The van der Waals surface area contributed by atoms with E-state index in [-0.39, 0.29) is 0 Å². The molecular formula is C14H17N5O. The fraction of sp³-hybridized carbons (Fsp3) is 0.286. The summed E-state index contributed by atoms with van der Waals surface area (Å²) in [5, 5.41) is 2.97. The van der Waals surface area contributed by atoms with Gasteiger partial charge >= 0.3 is 0 Å². The van der Waals surface area contributed by atoms with Crippen LogP contribution in [0.2, 0.25) is 0 Å². The van der Waals surface area contributed by atoms with Gasteiger partial charge in [-0.15, -0.1) is 0 Å². The van der Waals surface area contributed by atoms with Gasteiger partial charge in [-0.1, -0.05) is 13.0 Å². The molecule has 0 aliphatic carbocycles. The molecule has 2 aromatic heterocycles. The zero-order valence-electron chi connectivity index (χ0n) is 11.5. The molecule has 0 aliphatic rings. The number of hydrogen-bond acceptors (Lipinski definition) is 5. The Kier molecular flexibility index (Phi) is 4.24. The maximum absolute atomic E-state index is 11.1. The summed E-state index contributed by atoms with van der Waals surface area (Å²) < 4.78 is 0. The molecule has 2 rings (SSSR count). The average Bonchev–Trinajstić information content (AvgIpc) is 2.47. The molecule has 0 saturated heterocycles. The Morgan fingerprint density at radius 2 is 2.20 bits per heavy atom. The maximum Gasteiger partial charge on any atom is 0.239 e. The van der Waals surface area contributed by atoms with Crippen molar-refractivity contribution < 1.29 is 4.79 Å². The summed E-state index contributed by atoms with van der Waals surface area (Å²) in [7, 11) is 0. The van der Waals surface area contributed by atoms with Gasteiger partial charge in [-0.25, -0.2) is 9.97 Å². The van der Waals surface area contributed by atoms with E-state index in [9.17, 15) is 4.79 Å². The third kappa shape index (κ3) is 3.28. The lowest BCUT2D eigenvalue weighted by Crippen LogP contribution is -2.32. The summed E-state index contributed by atoms with van der Waals surface area (Å²) >= 11 is 0. The predicted molar refractivity (Wildman–Crippen MR) is 76.9 cm³/mol. The van der Waals surface area contributed by atoms with Gasteiger partial charge in [-0.05, 0) is 25.5 Å². The first kappa shape index (κ1) is 13.9. The number of carbonyl (C=O) groups excluding carboxylic acids is 1. The van der Waals surface area contributed by atoms with Gasteiger partial charge in [0.15, 0.2) is 5.82 Å². The Balaban J connectivity index is 2.36. The smallest absolute Gasteiger partial charge is 0.239 e. The number of nitrogens with one attached hydrogen (secondary N) is 1. The first-order valence-corrected chi connectivity index (χ1v) is 6.45. The van der Waals surface area contributed by atoms with Crippen LogP contribution in [0.5, 0.6) is 0 Å². The highest BCUT2D eigenvalue weighted by Gasteiger charge is 2.12. The summed E-state index contributed by atoms with van der Waals surface area (Å²) in [4.78, 5) is 24.2. The van der Waals surface area contributed by atoms with Crippen LogP contribution in [0.25, 0.3) is 11.5 Å². The molecule has 6 nitrogen and oxygen atoms in total. The molecule has 0 spiro atoms. The minimum atomic E-state index is -0.494. The Morgan fingerprint density at radius 3 is 2.80 bits per heavy atom. The molecule has 0 bridgehead atoms. The molecular weight excluding hydrogens is 254 g/mol. The lowest BCUT2D eigenvalue weighted by Gasteiger charge is -2.12. The van der Waals surface area contributed by atoms with Crippen LogP contribution in [-0.4, -0.2) is 26.9 Å². The zero-order valence-corrected chi connectivity index (χ0v) is 11.5. The number of primary amides is 1. The molecule has 104 valence electrons. The van der Waals surface area contributed by atoms with Crippen LogP contribution in [0.15, 0.2) is 30.5 Å². The van der Waals surface area contributed by atoms with E-state index in [1.54, 1.807) is 13.1 Å². The highest BCUT2D eigenvalue weighted by atomic mass is 16.1. The van der Waals surface area contributed by atoms with Crippen molar-refractivity contribution in [3.05, 3.63) is 36.2 Å². The van der Waals surface area contributed by atoms with Crippen molar-refractivity contribution in [1.29, 1.82) is 0 Å². The zero-order chi connectivity index (χ0) is 14.5. The predicted octanol–water partition coefficient (Wildman–Crippen LogP) is 1.39. The molecule has 0 aliphatic heterocycles. The Hall–Kier alpha value is -2.50. The summed E-state index contributed by atoms with van der Waals surface area (Å²) in [6.07, 6.45) is 2.46. The minimum Gasteiger partial charge on any atom is -0.368 e. The van der Waals surface area contributed by atoms with E-state index in [1.165, 1.54) is 0 Å². The van der Waals surface area contributed by atoms with Crippen molar-refractivity contribution in [1.82, 2.24) is 15.0 Å². The van der Waals surface area contributed by atoms with Gasteiger partial charge in [0.2, 0.25) is 5.91 Å². The van der Waals surface area contributed by atoms with Crippen LogP contribution in [0.1, 0.15) is 19.5 Å². The molecule has 20 heavy (non-hydrogen) atoms. The van der Waals surface area contributed by atoms with Crippen LogP contribution in [0, 0.1) is 0 Å². The quantitative estimate of drug-likeness (QED) is 0.857. The van der Waals surface area contributed by atoms with E-state index in [2.05, 4.69) is 20.3 Å². The van der Waals surface area contributed by atoms with Crippen LogP contribution in [0.3, 0.4) is 0 Å². The van der Waals surface area contributed by atoms with Crippen molar-refractivity contribution in [2.75, 3.05) is 5.32 Å². The van der Waals surface area contributed by atoms with E-state index < -0.39 is 11.9 Å². The monoisotopic (exact) mass is 271 g/mol. The van der Waals surface area contributed by atoms with Gasteiger partial charge < -0.3 is 11.1 Å². The summed E-state index contributed by atoms with van der Waals surface area (Å²) in [5.41, 5.74) is 6.81. The Bertz CT molecular complexity index is 600. The lowest BCUT2D eigenvalue weighted by molar-refractivity contribution is -0.118. The second kappa shape index (κ2) is 6.10. The topological polar surface area (TPSA) is 93.8 Å². The normalized spacial score (nSPS) is 11.9. The Morgan fingerprint density at radius 1 is 1.40 bits per heavy atom. The molecule has 2 heterocycles. The first-order chi connectivity index (χ1) is 9.60. The van der Waals surface area contributed by atoms with Gasteiger partial charge in [0.05, 0.1) is 0 Å². The third-order valence-electron chi connectivity index (χ3n) is 2.83. The van der Waals surface area contributed by atoms with Gasteiger partial charge in [0.1, 0.15) is 17.6 Å². The summed E-state index contributed by atoms with van der Waals surface area (Å²) in [6, 6.07) is 6.87. The van der Waals surface area contributed by atoms with E-state index in [1.807, 2.05) is 31.2 Å². The van der Waals surface area contributed by atoms with Crippen molar-refractivity contribution in [3.8, 4) is 11.5 Å². The standard InChI is InChI=1S/C14H17N5O/c1-3-10-8-12(17-9(2)13(15)20)19-14(18-10)11-6-4-5-7-16-11/h4-9H,3H2,1-2H3,(H2,15,20)(H,17,18,19). The number of aryl methyl sites for hydroxylation is 1. The number of nitrogens with two attached hydrogens (primary N) is 1. The van der Waals surface area contributed by atoms with Gasteiger partial charge in [-0.3, -0.25) is 9.78 Å². The van der Waals surface area contributed by atoms with E-state index >= 15 is 0 Å². The molecule has 0 radical (unpaired) electrons. The maximum atomic E-state index is 11.1. The van der Waals surface area contributed by atoms with Crippen molar-refractivity contribution in [2.45, 2.75) is 26.3 Å². The number of amides is 1. The van der Waals surface area contributed by atoms with Gasteiger partial charge in [0.25, 0.3) is 0 Å². The number of rotatable bonds is 5. The summed E-state index contributed by atoms with van der Waals surface area (Å²) in [6.45, 7) is 3.70. The number of aromatic nitrogens is 3. The van der Waals surface area contributed by atoms with Crippen LogP contribution >= 0.6 is 0 Å². The van der Waals surface area contributed by atoms with E-state index in [0.717, 1.165) is 12.1 Å². The summed E-state index contributed by atoms with van der Waals surface area (Å²) in [5.74, 6) is 0.675. The van der Waals surface area contributed by atoms with E-state index in [4.69, 9.17) is 5.73 Å². The first-order valence-electron chi connectivity index (χ1n) is 6.45. The third-order valence-corrected chi connectivity index (χ3v) is 2.83. The molecule has 6 heteroatoms. The fourth-order valence-electron chi connectivity index (χ4n) is 1.66. The molecule has 0 aromatic carbocycles. The number of nitrogens with zero attached hydrogens (tertiary/aromatic N) is 3. The fourth-order valence-corrected chi connectivity index (χ4v) is 1.66. The molecule has 0 saturated carbocycles. The molecule has 3 N–H and O–H groups in total. The molecule has 2 aromatic rings. The van der Waals surface area contributed by atoms with Crippen LogP contribution in [0.4, 0.5) is 5.82 Å². The van der Waals surface area contributed by atoms with Gasteiger partial charge in [-0.2, -0.15) is 0 Å². The molecule has 0 fully saturated rings.